The van der Waals surface area contributed by atoms with Crippen molar-refractivity contribution < 1.29 is 14.9 Å². The smallest absolute Gasteiger partial charge is 0.351 e. The topological polar surface area (TPSA) is 111 Å². The molecule has 2 rings (SSSR count). The zero-order chi connectivity index (χ0) is 13.1. The maximum absolute atomic E-state index is 11.6. The molecule has 0 fully saturated rings. The van der Waals surface area contributed by atoms with Gasteiger partial charge < -0.3 is 20.7 Å². The molecule has 98 valence electrons. The summed E-state index contributed by atoms with van der Waals surface area (Å²) in [6, 6.07) is 1.49. The van der Waals surface area contributed by atoms with E-state index in [1.165, 1.54) is 16.8 Å². The van der Waals surface area contributed by atoms with Gasteiger partial charge in [-0.3, -0.25) is 4.57 Å². The normalized spacial score (nSPS) is 27.3. The van der Waals surface area contributed by atoms with Crippen LogP contribution < -0.4 is 11.4 Å². The minimum absolute atomic E-state index is 0.122. The molecule has 3 atom stereocenters. The van der Waals surface area contributed by atoms with Gasteiger partial charge in [0.2, 0.25) is 0 Å². The molecule has 0 aliphatic carbocycles. The third-order valence-electron chi connectivity index (χ3n) is 2.83. The Morgan fingerprint density at radius 1 is 1.39 bits per heavy atom. The quantitative estimate of drug-likeness (QED) is 0.588. The highest BCUT2D eigenvalue weighted by molar-refractivity contribution is 5.23. The van der Waals surface area contributed by atoms with Gasteiger partial charge in [-0.1, -0.05) is 6.08 Å². The summed E-state index contributed by atoms with van der Waals surface area (Å²) in [7, 11) is 0. The first kappa shape index (κ1) is 12.7. The van der Waals surface area contributed by atoms with Crippen molar-refractivity contribution in [2.75, 3.05) is 18.9 Å². The second-order valence-electron chi connectivity index (χ2n) is 4.02. The third kappa shape index (κ3) is 2.42. The Morgan fingerprint density at radius 3 is 2.78 bits per heavy atom. The highest BCUT2D eigenvalue weighted by Gasteiger charge is 2.27. The number of hydrogen-bond donors (Lipinski definition) is 3. The fraction of sp³-hybridized carbons (Fsp3) is 0.455. The molecule has 0 bridgehead atoms. The fourth-order valence-electron chi connectivity index (χ4n) is 1.82. The van der Waals surface area contributed by atoms with Crippen LogP contribution in [0.4, 0.5) is 5.82 Å². The Labute approximate surface area is 103 Å². The standard InChI is InChI=1S/C11H15N3O4/c12-9-3-4-14(11(17)13-9)10-2-1-7(5-15)8(6-16)18-10/h1-4,7-8,10,15-16H,5-6H2,(H2,12,13,17)/t7-,8-,10-/m0/s1. The molecule has 1 aromatic heterocycles. The Morgan fingerprint density at radius 2 is 2.17 bits per heavy atom. The van der Waals surface area contributed by atoms with Gasteiger partial charge in [0.1, 0.15) is 5.82 Å². The molecular formula is C11H15N3O4. The van der Waals surface area contributed by atoms with Gasteiger partial charge in [0.15, 0.2) is 6.23 Å². The molecule has 0 amide bonds. The summed E-state index contributed by atoms with van der Waals surface area (Å²) in [5.74, 6) is -0.133. The predicted molar refractivity (Wildman–Crippen MR) is 63.6 cm³/mol. The maximum atomic E-state index is 11.6. The van der Waals surface area contributed by atoms with E-state index in [1.54, 1.807) is 12.2 Å². The number of aromatic nitrogens is 2. The average Bonchev–Trinajstić information content (AvgIpc) is 2.38. The van der Waals surface area contributed by atoms with Crippen molar-refractivity contribution in [2.24, 2.45) is 5.92 Å². The zero-order valence-corrected chi connectivity index (χ0v) is 9.64. The second-order valence-corrected chi connectivity index (χ2v) is 4.02. The number of nitrogens with zero attached hydrogens (tertiary/aromatic N) is 2. The SMILES string of the molecule is Nc1ccn([C@@H]2C=C[C@@H](CO)[C@H](CO)O2)c(=O)n1. The van der Waals surface area contributed by atoms with Crippen molar-refractivity contribution in [3.8, 4) is 0 Å². The predicted octanol–water partition coefficient (Wildman–Crippen LogP) is -1.12. The maximum Gasteiger partial charge on any atom is 0.351 e. The number of hydrogen-bond acceptors (Lipinski definition) is 6. The minimum atomic E-state index is -0.648. The van der Waals surface area contributed by atoms with Crippen molar-refractivity contribution in [1.29, 1.82) is 0 Å². The summed E-state index contributed by atoms with van der Waals surface area (Å²) < 4.78 is 6.80. The van der Waals surface area contributed by atoms with Crippen LogP contribution in [0.5, 0.6) is 0 Å². The highest BCUT2D eigenvalue weighted by atomic mass is 16.5. The van der Waals surface area contributed by atoms with Crippen LogP contribution in [0.2, 0.25) is 0 Å². The Balaban J connectivity index is 2.27. The minimum Gasteiger partial charge on any atom is -0.396 e. The second kappa shape index (κ2) is 5.30. The average molecular weight is 253 g/mol. The van der Waals surface area contributed by atoms with Gasteiger partial charge in [0.05, 0.1) is 19.3 Å². The fourth-order valence-corrected chi connectivity index (χ4v) is 1.82. The van der Waals surface area contributed by atoms with Gasteiger partial charge in [-0.15, -0.1) is 0 Å². The molecule has 0 saturated heterocycles. The number of rotatable bonds is 3. The van der Waals surface area contributed by atoms with Crippen LogP contribution in [0.1, 0.15) is 6.23 Å². The number of aliphatic hydroxyl groups excluding tert-OH is 2. The van der Waals surface area contributed by atoms with E-state index in [2.05, 4.69) is 4.98 Å². The molecule has 1 aliphatic rings. The number of ether oxygens (including phenoxy) is 1. The summed E-state index contributed by atoms with van der Waals surface area (Å²) in [4.78, 5) is 15.2. The van der Waals surface area contributed by atoms with E-state index in [4.69, 9.17) is 15.6 Å². The van der Waals surface area contributed by atoms with Gasteiger partial charge in [-0.25, -0.2) is 4.79 Å². The zero-order valence-electron chi connectivity index (χ0n) is 9.64. The van der Waals surface area contributed by atoms with Gasteiger partial charge in [-0.05, 0) is 12.1 Å². The van der Waals surface area contributed by atoms with E-state index in [0.717, 1.165) is 0 Å². The van der Waals surface area contributed by atoms with Crippen molar-refractivity contribution in [3.05, 3.63) is 34.9 Å². The van der Waals surface area contributed by atoms with E-state index in [9.17, 15) is 9.90 Å². The Bertz CT molecular complexity index is 499. The highest BCUT2D eigenvalue weighted by Crippen LogP contribution is 2.23. The summed E-state index contributed by atoms with van der Waals surface area (Å²) in [6.45, 7) is -0.355. The molecular weight excluding hydrogens is 238 g/mol. The monoisotopic (exact) mass is 253 g/mol. The lowest BCUT2D eigenvalue weighted by Crippen LogP contribution is -2.38. The first-order valence-electron chi connectivity index (χ1n) is 5.56. The first-order valence-corrected chi connectivity index (χ1v) is 5.56. The van der Waals surface area contributed by atoms with E-state index in [0.29, 0.717) is 0 Å². The van der Waals surface area contributed by atoms with E-state index >= 15 is 0 Å². The summed E-state index contributed by atoms with van der Waals surface area (Å²) in [5.41, 5.74) is 4.87. The third-order valence-corrected chi connectivity index (χ3v) is 2.83. The molecule has 0 saturated carbocycles. The van der Waals surface area contributed by atoms with Crippen LogP contribution in [-0.2, 0) is 4.74 Å². The van der Waals surface area contributed by atoms with Crippen LogP contribution >= 0.6 is 0 Å². The molecule has 7 nitrogen and oxygen atoms in total. The molecule has 0 unspecified atom stereocenters. The first-order chi connectivity index (χ1) is 8.65. The molecule has 1 aliphatic heterocycles. The Kier molecular flexibility index (Phi) is 3.75. The van der Waals surface area contributed by atoms with Crippen LogP contribution in [-0.4, -0.2) is 39.1 Å². The van der Waals surface area contributed by atoms with E-state index in [-0.39, 0.29) is 24.9 Å². The number of nitrogen functional groups attached to an aromatic ring is 1. The van der Waals surface area contributed by atoms with Crippen LogP contribution in [0.15, 0.2) is 29.2 Å². The van der Waals surface area contributed by atoms with Crippen molar-refractivity contribution in [3.63, 3.8) is 0 Å². The molecule has 18 heavy (non-hydrogen) atoms. The number of anilines is 1. The lowest BCUT2D eigenvalue weighted by molar-refractivity contribution is -0.0885. The molecule has 2 heterocycles. The van der Waals surface area contributed by atoms with Crippen LogP contribution in [0, 0.1) is 5.92 Å². The summed E-state index contributed by atoms with van der Waals surface area (Å²) in [6.07, 6.45) is 3.65. The lowest BCUT2D eigenvalue weighted by Gasteiger charge is -2.30. The van der Waals surface area contributed by atoms with Crippen LogP contribution in [0.3, 0.4) is 0 Å². The Hall–Kier alpha value is -1.70. The van der Waals surface area contributed by atoms with E-state index in [1.807, 2.05) is 0 Å². The summed E-state index contributed by atoms with van der Waals surface area (Å²) in [5, 5.41) is 18.3. The lowest BCUT2D eigenvalue weighted by atomic mass is 10.0. The van der Waals surface area contributed by atoms with Crippen molar-refractivity contribution >= 4 is 5.82 Å². The molecule has 0 radical (unpaired) electrons. The molecule has 0 aromatic carbocycles. The largest absolute Gasteiger partial charge is 0.396 e. The van der Waals surface area contributed by atoms with Crippen molar-refractivity contribution in [1.82, 2.24) is 9.55 Å². The van der Waals surface area contributed by atoms with Gasteiger partial charge in [0.25, 0.3) is 0 Å². The van der Waals surface area contributed by atoms with E-state index < -0.39 is 18.0 Å². The molecule has 1 aromatic rings. The summed E-state index contributed by atoms with van der Waals surface area (Å²) >= 11 is 0. The van der Waals surface area contributed by atoms with Crippen molar-refractivity contribution in [2.45, 2.75) is 12.3 Å². The number of nitrogens with two attached hydrogens (primary N) is 1. The van der Waals surface area contributed by atoms with Gasteiger partial charge >= 0.3 is 5.69 Å². The van der Waals surface area contributed by atoms with Gasteiger partial charge in [0, 0.05) is 12.1 Å². The molecule has 7 heteroatoms. The molecule has 0 spiro atoms. The molecule has 4 N–H and O–H groups in total. The number of aliphatic hydroxyl groups is 2. The van der Waals surface area contributed by atoms with Gasteiger partial charge in [-0.2, -0.15) is 4.98 Å². The van der Waals surface area contributed by atoms with Crippen LogP contribution in [0.25, 0.3) is 0 Å².